The number of primary amides is 3. The van der Waals surface area contributed by atoms with Gasteiger partial charge in [0.05, 0.1) is 11.1 Å². The minimum Gasteiger partial charge on any atom is -0.478 e. The first kappa shape index (κ1) is 28.5. The lowest BCUT2D eigenvalue weighted by Gasteiger charge is -1.88. The van der Waals surface area contributed by atoms with Gasteiger partial charge in [-0.2, -0.15) is 0 Å². The Kier molecular flexibility index (Phi) is 12.8. The number of carboxylic acid groups (broad SMARTS) is 1. The van der Waals surface area contributed by atoms with E-state index < -0.39 is 23.7 Å². The molecule has 7 N–H and O–H groups in total. The van der Waals surface area contributed by atoms with Gasteiger partial charge in [-0.1, -0.05) is 6.07 Å². The van der Waals surface area contributed by atoms with Crippen molar-refractivity contribution in [1.82, 2.24) is 19.9 Å². The second-order valence-corrected chi connectivity index (χ2v) is 6.33. The van der Waals surface area contributed by atoms with Crippen molar-refractivity contribution in [2.75, 3.05) is 0 Å². The molecule has 0 saturated heterocycles. The smallest absolute Gasteiger partial charge is 0.335 e. The predicted molar refractivity (Wildman–Crippen MR) is 129 cm³/mol. The summed E-state index contributed by atoms with van der Waals surface area (Å²) in [6.45, 7) is 0. The van der Waals surface area contributed by atoms with Crippen molar-refractivity contribution in [3.63, 3.8) is 0 Å². The van der Waals surface area contributed by atoms with Crippen molar-refractivity contribution < 1.29 is 24.3 Å². The maximum absolute atomic E-state index is 10.4. The second-order valence-electron chi connectivity index (χ2n) is 6.33. The summed E-state index contributed by atoms with van der Waals surface area (Å²) in [6.07, 6.45) is 10.5. The van der Waals surface area contributed by atoms with E-state index in [1.807, 2.05) is 0 Å². The summed E-state index contributed by atoms with van der Waals surface area (Å²) in [7, 11) is 0. The van der Waals surface area contributed by atoms with Crippen LogP contribution in [0, 0.1) is 0 Å². The van der Waals surface area contributed by atoms with Crippen LogP contribution >= 0.6 is 0 Å². The summed E-state index contributed by atoms with van der Waals surface area (Å²) in [5.41, 5.74) is 16.3. The van der Waals surface area contributed by atoms with Gasteiger partial charge in [0.25, 0.3) is 5.91 Å². The Hall–Kier alpha value is -5.52. The standard InChI is InChI=1S/3C6H6N2O.C6H5NO2/c7-6(9)5-1-3-8-4-2-5;7-6(9)5-2-1-3-8-4-5;7-6(9)5-3-1-2-4-8-5;8-6(9)5-1-3-7-4-2-5/h3*1-4H,(H2,7,9);1-4H,(H,8,9). The fraction of sp³-hybridized carbons (Fsp3) is 0. The molecule has 0 spiro atoms. The SMILES string of the molecule is NC(=O)c1ccccn1.NC(=O)c1cccnc1.NC(=O)c1ccncc1.O=C(O)c1ccncc1. The number of aromatic nitrogens is 4. The van der Waals surface area contributed by atoms with Crippen LogP contribution in [0.4, 0.5) is 0 Å². The van der Waals surface area contributed by atoms with Gasteiger partial charge in [0, 0.05) is 48.9 Å². The molecule has 0 bridgehead atoms. The lowest BCUT2D eigenvalue weighted by molar-refractivity contribution is 0.0696. The molecule has 0 fully saturated rings. The third-order valence-electron chi connectivity index (χ3n) is 3.76. The number of carboxylic acids is 1. The topological polar surface area (TPSA) is 218 Å². The molecule has 0 aliphatic carbocycles. The van der Waals surface area contributed by atoms with Crippen molar-refractivity contribution in [2.24, 2.45) is 17.2 Å². The van der Waals surface area contributed by atoms with Crippen molar-refractivity contribution in [3.05, 3.63) is 120 Å². The van der Waals surface area contributed by atoms with Crippen LogP contribution in [0.25, 0.3) is 0 Å². The summed E-state index contributed by atoms with van der Waals surface area (Å²) in [6, 6.07) is 14.3. The number of carbonyl (C=O) groups excluding carboxylic acids is 3. The highest BCUT2D eigenvalue weighted by molar-refractivity contribution is 5.93. The number of pyridine rings is 4. The number of nitrogens with zero attached hydrogens (tertiary/aromatic N) is 4. The predicted octanol–water partition coefficient (Wildman–Crippen LogP) is 1.32. The molecular formula is C24H23N7O5. The van der Waals surface area contributed by atoms with Crippen LogP contribution < -0.4 is 17.2 Å². The molecule has 0 saturated carbocycles. The normalized spacial score (nSPS) is 8.89. The van der Waals surface area contributed by atoms with Gasteiger partial charge in [-0.25, -0.2) is 4.79 Å². The quantitative estimate of drug-likeness (QED) is 0.324. The summed E-state index contributed by atoms with van der Waals surface area (Å²) in [4.78, 5) is 56.1. The van der Waals surface area contributed by atoms with Gasteiger partial charge >= 0.3 is 5.97 Å². The van der Waals surface area contributed by atoms with E-state index in [0.717, 1.165) is 0 Å². The first-order valence-electron chi connectivity index (χ1n) is 9.96. The Morgan fingerprint density at radius 1 is 0.556 bits per heavy atom. The van der Waals surface area contributed by atoms with E-state index in [1.165, 1.54) is 49.3 Å². The van der Waals surface area contributed by atoms with Gasteiger partial charge in [-0.05, 0) is 48.5 Å². The first-order chi connectivity index (χ1) is 17.2. The molecule has 36 heavy (non-hydrogen) atoms. The zero-order chi connectivity index (χ0) is 26.8. The number of carbonyl (C=O) groups is 4. The largest absolute Gasteiger partial charge is 0.478 e. The summed E-state index contributed by atoms with van der Waals surface area (Å²) in [5.74, 6) is -2.27. The fourth-order valence-corrected chi connectivity index (χ4v) is 2.03. The monoisotopic (exact) mass is 489 g/mol. The fourth-order valence-electron chi connectivity index (χ4n) is 2.03. The van der Waals surface area contributed by atoms with Crippen LogP contribution in [0.15, 0.2) is 98.0 Å². The molecule has 0 aliphatic rings. The number of hydrogen-bond acceptors (Lipinski definition) is 8. The molecule has 4 heterocycles. The molecule has 0 atom stereocenters. The highest BCUT2D eigenvalue weighted by atomic mass is 16.4. The Bertz CT molecular complexity index is 1030. The van der Waals surface area contributed by atoms with E-state index >= 15 is 0 Å². The Morgan fingerprint density at radius 3 is 1.39 bits per heavy atom. The third-order valence-corrected chi connectivity index (χ3v) is 3.76. The minimum atomic E-state index is -0.919. The van der Waals surface area contributed by atoms with Crippen LogP contribution in [0.2, 0.25) is 0 Å². The van der Waals surface area contributed by atoms with Crippen molar-refractivity contribution in [1.29, 1.82) is 0 Å². The second kappa shape index (κ2) is 16.1. The van der Waals surface area contributed by atoms with Crippen molar-refractivity contribution in [2.45, 2.75) is 0 Å². The highest BCUT2D eigenvalue weighted by Gasteiger charge is 1.98. The highest BCUT2D eigenvalue weighted by Crippen LogP contribution is 1.94. The van der Waals surface area contributed by atoms with E-state index in [9.17, 15) is 19.2 Å². The first-order valence-corrected chi connectivity index (χ1v) is 9.96. The number of hydrogen-bond donors (Lipinski definition) is 4. The third kappa shape index (κ3) is 11.9. The molecular weight excluding hydrogens is 466 g/mol. The van der Waals surface area contributed by atoms with E-state index in [2.05, 4.69) is 19.9 Å². The molecule has 4 rings (SSSR count). The lowest BCUT2D eigenvalue weighted by atomic mass is 10.3. The Balaban J connectivity index is 0.000000240. The molecule has 4 aromatic heterocycles. The van der Waals surface area contributed by atoms with Crippen molar-refractivity contribution in [3.8, 4) is 0 Å². The molecule has 0 aromatic carbocycles. The maximum atomic E-state index is 10.4. The van der Waals surface area contributed by atoms with Crippen molar-refractivity contribution >= 4 is 23.7 Å². The van der Waals surface area contributed by atoms with Gasteiger partial charge in [-0.15, -0.1) is 0 Å². The van der Waals surface area contributed by atoms with Gasteiger partial charge in [0.2, 0.25) is 11.8 Å². The number of rotatable bonds is 4. The zero-order valence-corrected chi connectivity index (χ0v) is 18.8. The van der Waals surface area contributed by atoms with Gasteiger partial charge in [0.1, 0.15) is 5.69 Å². The van der Waals surface area contributed by atoms with Crippen LogP contribution in [0.5, 0.6) is 0 Å². The van der Waals surface area contributed by atoms with E-state index in [0.29, 0.717) is 16.8 Å². The number of nitrogens with two attached hydrogens (primary N) is 3. The van der Waals surface area contributed by atoms with Gasteiger partial charge in [-0.3, -0.25) is 34.3 Å². The van der Waals surface area contributed by atoms with E-state index in [1.54, 1.807) is 48.7 Å². The minimum absolute atomic E-state index is 0.269. The summed E-state index contributed by atoms with van der Waals surface area (Å²) in [5, 5.41) is 8.36. The molecule has 3 amide bonds. The maximum Gasteiger partial charge on any atom is 0.335 e. The molecule has 0 aliphatic heterocycles. The molecule has 12 heteroatoms. The molecule has 184 valence electrons. The van der Waals surface area contributed by atoms with Crippen LogP contribution in [-0.2, 0) is 0 Å². The zero-order valence-electron chi connectivity index (χ0n) is 18.8. The number of aromatic carboxylic acids is 1. The summed E-state index contributed by atoms with van der Waals surface area (Å²) < 4.78 is 0. The molecule has 0 radical (unpaired) electrons. The van der Waals surface area contributed by atoms with E-state index in [-0.39, 0.29) is 5.56 Å². The van der Waals surface area contributed by atoms with E-state index in [4.69, 9.17) is 22.3 Å². The van der Waals surface area contributed by atoms with Gasteiger partial charge < -0.3 is 22.3 Å². The average molecular weight is 489 g/mol. The lowest BCUT2D eigenvalue weighted by Crippen LogP contribution is -2.12. The molecule has 0 unspecified atom stereocenters. The Morgan fingerprint density at radius 2 is 1.11 bits per heavy atom. The summed E-state index contributed by atoms with van der Waals surface area (Å²) >= 11 is 0. The van der Waals surface area contributed by atoms with Gasteiger partial charge in [0.15, 0.2) is 0 Å². The Labute approximate surface area is 205 Å². The number of amides is 3. The molecule has 12 nitrogen and oxygen atoms in total. The van der Waals surface area contributed by atoms with Crippen LogP contribution in [-0.4, -0.2) is 48.7 Å². The van der Waals surface area contributed by atoms with Crippen LogP contribution in [0.1, 0.15) is 41.6 Å². The molecule has 4 aromatic rings. The average Bonchev–Trinajstić information content (AvgIpc) is 2.92. The van der Waals surface area contributed by atoms with Crippen LogP contribution in [0.3, 0.4) is 0 Å².